The molecule has 33 heavy (non-hydrogen) atoms. The van der Waals surface area contributed by atoms with Gasteiger partial charge in [-0.2, -0.15) is 0 Å². The zero-order chi connectivity index (χ0) is 22.9. The number of nitrogens with one attached hydrogen (secondary N) is 1. The van der Waals surface area contributed by atoms with Gasteiger partial charge < -0.3 is 15.0 Å². The highest BCUT2D eigenvalue weighted by molar-refractivity contribution is 5.85. The first-order valence-electron chi connectivity index (χ1n) is 11.3. The van der Waals surface area contributed by atoms with Gasteiger partial charge in [0.25, 0.3) is 0 Å². The van der Waals surface area contributed by atoms with Crippen molar-refractivity contribution >= 4 is 28.4 Å². The van der Waals surface area contributed by atoms with Crippen LogP contribution in [0.15, 0.2) is 77.6 Å². The number of aromatic nitrogens is 2. The Balaban J connectivity index is 1.75. The van der Waals surface area contributed by atoms with Gasteiger partial charge in [0.2, 0.25) is 0 Å². The van der Waals surface area contributed by atoms with Crippen LogP contribution >= 0.6 is 0 Å². The lowest BCUT2D eigenvalue weighted by atomic mass is 10.1. The summed E-state index contributed by atoms with van der Waals surface area (Å²) in [6, 6.07) is 23.6. The monoisotopic (exact) mass is 440 g/mol. The Hall–Kier alpha value is -3.64. The summed E-state index contributed by atoms with van der Waals surface area (Å²) >= 11 is 0. The standard InChI is InChI=1S/C27H28N4O2/c1-18-14-24(30-16-19(2)33-20(3)17-30)29-27-26(18)23(32)15-25(28-21-10-6-4-7-11-21)31(27)22-12-8-5-9-13-22/h4-15,19-20,28H,16-17H2,1-3H3. The van der Waals surface area contributed by atoms with Crippen LogP contribution in [0, 0.1) is 6.92 Å². The number of anilines is 3. The Morgan fingerprint density at radius 1 is 0.939 bits per heavy atom. The summed E-state index contributed by atoms with van der Waals surface area (Å²) in [5.74, 6) is 1.54. The molecule has 1 aliphatic heterocycles. The topological polar surface area (TPSA) is 59.4 Å². The van der Waals surface area contributed by atoms with Crippen molar-refractivity contribution < 1.29 is 4.74 Å². The zero-order valence-electron chi connectivity index (χ0n) is 19.2. The summed E-state index contributed by atoms with van der Waals surface area (Å²) in [5, 5.41) is 4.06. The molecule has 6 nitrogen and oxygen atoms in total. The molecule has 3 heterocycles. The van der Waals surface area contributed by atoms with E-state index in [0.29, 0.717) is 16.9 Å². The van der Waals surface area contributed by atoms with Gasteiger partial charge in [0.15, 0.2) is 11.1 Å². The number of benzene rings is 2. The highest BCUT2D eigenvalue weighted by Gasteiger charge is 2.25. The molecular weight excluding hydrogens is 412 g/mol. The molecule has 0 aliphatic carbocycles. The Labute approximate surface area is 193 Å². The van der Waals surface area contributed by atoms with Crippen molar-refractivity contribution in [1.29, 1.82) is 0 Å². The van der Waals surface area contributed by atoms with Crippen LogP contribution in [0.25, 0.3) is 16.7 Å². The van der Waals surface area contributed by atoms with E-state index in [1.54, 1.807) is 6.07 Å². The van der Waals surface area contributed by atoms with Crippen molar-refractivity contribution in [2.75, 3.05) is 23.3 Å². The van der Waals surface area contributed by atoms with Gasteiger partial charge in [-0.3, -0.25) is 9.36 Å². The minimum Gasteiger partial charge on any atom is -0.372 e. The number of morpholine rings is 1. The van der Waals surface area contributed by atoms with Gasteiger partial charge in [-0.15, -0.1) is 0 Å². The van der Waals surface area contributed by atoms with Crippen molar-refractivity contribution in [2.24, 2.45) is 0 Å². The summed E-state index contributed by atoms with van der Waals surface area (Å²) in [4.78, 5) is 20.6. The van der Waals surface area contributed by atoms with Gasteiger partial charge in [0.1, 0.15) is 11.6 Å². The fourth-order valence-electron chi connectivity index (χ4n) is 4.61. The first-order chi connectivity index (χ1) is 16.0. The number of nitrogens with zero attached hydrogens (tertiary/aromatic N) is 3. The smallest absolute Gasteiger partial charge is 0.193 e. The Morgan fingerprint density at radius 2 is 1.58 bits per heavy atom. The van der Waals surface area contributed by atoms with E-state index in [4.69, 9.17) is 9.72 Å². The molecule has 2 unspecified atom stereocenters. The number of para-hydroxylation sites is 2. The van der Waals surface area contributed by atoms with Crippen LogP contribution in [0.5, 0.6) is 0 Å². The lowest BCUT2D eigenvalue weighted by molar-refractivity contribution is -0.00544. The molecule has 1 N–H and O–H groups in total. The maximum atomic E-state index is 13.3. The van der Waals surface area contributed by atoms with E-state index >= 15 is 0 Å². The maximum absolute atomic E-state index is 13.3. The van der Waals surface area contributed by atoms with Crippen LogP contribution in [0.3, 0.4) is 0 Å². The molecular formula is C27H28N4O2. The summed E-state index contributed by atoms with van der Waals surface area (Å²) < 4.78 is 7.95. The third-order valence-electron chi connectivity index (χ3n) is 5.96. The fourth-order valence-corrected chi connectivity index (χ4v) is 4.61. The minimum atomic E-state index is -0.0455. The fraction of sp³-hybridized carbons (Fsp3) is 0.259. The van der Waals surface area contributed by atoms with E-state index < -0.39 is 0 Å². The van der Waals surface area contributed by atoms with Crippen LogP contribution in [-0.4, -0.2) is 34.8 Å². The molecule has 1 saturated heterocycles. The van der Waals surface area contributed by atoms with E-state index in [0.717, 1.165) is 35.8 Å². The number of fused-ring (bicyclic) bond motifs is 1. The van der Waals surface area contributed by atoms with Crippen molar-refractivity contribution in [1.82, 2.24) is 9.55 Å². The van der Waals surface area contributed by atoms with Crippen LogP contribution in [0.2, 0.25) is 0 Å². The molecule has 168 valence electrons. The second-order valence-electron chi connectivity index (χ2n) is 8.71. The normalized spacial score (nSPS) is 18.5. The van der Waals surface area contributed by atoms with E-state index in [-0.39, 0.29) is 17.6 Å². The molecule has 0 amide bonds. The predicted molar refractivity (Wildman–Crippen MR) is 134 cm³/mol. The second kappa shape index (κ2) is 8.71. The summed E-state index contributed by atoms with van der Waals surface area (Å²) in [7, 11) is 0. The molecule has 2 aromatic carbocycles. The van der Waals surface area contributed by atoms with Gasteiger partial charge in [-0.1, -0.05) is 36.4 Å². The molecule has 0 radical (unpaired) electrons. The molecule has 6 heteroatoms. The Bertz CT molecular complexity index is 1330. The SMILES string of the molecule is Cc1cc(N2CC(C)OC(C)C2)nc2c1c(=O)cc(Nc1ccccc1)n2-c1ccccc1. The van der Waals surface area contributed by atoms with Gasteiger partial charge in [0, 0.05) is 30.5 Å². The molecule has 2 atom stereocenters. The van der Waals surface area contributed by atoms with Gasteiger partial charge in [-0.25, -0.2) is 4.98 Å². The van der Waals surface area contributed by atoms with Crippen LogP contribution < -0.4 is 15.6 Å². The molecule has 2 aromatic heterocycles. The first-order valence-corrected chi connectivity index (χ1v) is 11.3. The van der Waals surface area contributed by atoms with Crippen molar-refractivity contribution in [2.45, 2.75) is 33.0 Å². The summed E-state index contributed by atoms with van der Waals surface area (Å²) in [6.07, 6.45) is 0.239. The lowest BCUT2D eigenvalue weighted by Crippen LogP contribution is -2.46. The second-order valence-corrected chi connectivity index (χ2v) is 8.71. The molecule has 0 spiro atoms. The molecule has 1 fully saturated rings. The van der Waals surface area contributed by atoms with E-state index in [1.165, 1.54) is 0 Å². The number of hydrogen-bond donors (Lipinski definition) is 1. The highest BCUT2D eigenvalue weighted by Crippen LogP contribution is 2.29. The average Bonchev–Trinajstić information content (AvgIpc) is 2.79. The largest absolute Gasteiger partial charge is 0.372 e. The Kier molecular flexibility index (Phi) is 5.60. The third-order valence-corrected chi connectivity index (χ3v) is 5.96. The zero-order valence-corrected chi connectivity index (χ0v) is 19.2. The number of pyridine rings is 2. The van der Waals surface area contributed by atoms with Crippen LogP contribution in [0.1, 0.15) is 19.4 Å². The number of ether oxygens (including phenoxy) is 1. The van der Waals surface area contributed by atoms with Crippen molar-refractivity contribution in [3.8, 4) is 5.69 Å². The van der Waals surface area contributed by atoms with Crippen molar-refractivity contribution in [3.05, 3.63) is 88.6 Å². The molecule has 1 aliphatic rings. The maximum Gasteiger partial charge on any atom is 0.193 e. The number of rotatable bonds is 4. The van der Waals surface area contributed by atoms with Gasteiger partial charge in [-0.05, 0) is 56.7 Å². The predicted octanol–water partition coefficient (Wildman–Crippen LogP) is 5.05. The first kappa shape index (κ1) is 21.2. The Morgan fingerprint density at radius 3 is 2.24 bits per heavy atom. The lowest BCUT2D eigenvalue weighted by Gasteiger charge is -2.36. The van der Waals surface area contributed by atoms with Crippen LogP contribution in [-0.2, 0) is 4.74 Å². The minimum absolute atomic E-state index is 0.0455. The van der Waals surface area contributed by atoms with E-state index in [9.17, 15) is 4.79 Å². The van der Waals surface area contributed by atoms with E-state index in [2.05, 4.69) is 24.1 Å². The van der Waals surface area contributed by atoms with E-state index in [1.807, 2.05) is 78.2 Å². The van der Waals surface area contributed by atoms with Gasteiger partial charge in [0.05, 0.1) is 17.6 Å². The third kappa shape index (κ3) is 4.22. The van der Waals surface area contributed by atoms with Gasteiger partial charge >= 0.3 is 0 Å². The quantitative estimate of drug-likeness (QED) is 0.481. The average molecular weight is 441 g/mol. The molecule has 0 saturated carbocycles. The van der Waals surface area contributed by atoms with Crippen LogP contribution in [0.4, 0.5) is 17.3 Å². The van der Waals surface area contributed by atoms with Crippen molar-refractivity contribution in [3.63, 3.8) is 0 Å². The molecule has 4 aromatic rings. The highest BCUT2D eigenvalue weighted by atomic mass is 16.5. The summed E-state index contributed by atoms with van der Waals surface area (Å²) in [5.41, 5.74) is 3.37. The summed E-state index contributed by atoms with van der Waals surface area (Å²) in [6.45, 7) is 7.68. The molecule has 5 rings (SSSR count). The number of hydrogen-bond acceptors (Lipinski definition) is 5. The number of aryl methyl sites for hydroxylation is 1. The molecule has 0 bridgehead atoms.